The predicted octanol–water partition coefficient (Wildman–Crippen LogP) is 9.38. The number of esters is 2. The molecule has 0 rings (SSSR count). The molecule has 0 aromatic heterocycles. The fraction of sp³-hybridized carbons (Fsp3) is 0.842. The topological polar surface area (TPSA) is 111 Å². The summed E-state index contributed by atoms with van der Waals surface area (Å²) in [6.07, 6.45) is 30.6. The van der Waals surface area contributed by atoms with Gasteiger partial charge in [0.2, 0.25) is 0 Å². The highest BCUT2D eigenvalue weighted by molar-refractivity contribution is 7.45. The van der Waals surface area contributed by atoms with Gasteiger partial charge in [-0.1, -0.05) is 109 Å². The maximum absolute atomic E-state index is 12.6. The summed E-state index contributed by atoms with van der Waals surface area (Å²) in [6, 6.07) is 0. The first-order chi connectivity index (χ1) is 23.0. The number of carbonyl (C=O) groups is 2. The van der Waals surface area contributed by atoms with Crippen molar-refractivity contribution in [1.29, 1.82) is 0 Å². The molecule has 0 N–H and O–H groups in total. The van der Waals surface area contributed by atoms with Gasteiger partial charge in [0.15, 0.2) is 6.10 Å². The molecule has 10 heteroatoms. The van der Waals surface area contributed by atoms with Crippen LogP contribution in [0.15, 0.2) is 24.3 Å². The Balaban J connectivity index is 4.47. The molecule has 9 nitrogen and oxygen atoms in total. The fourth-order valence-corrected chi connectivity index (χ4v) is 5.59. The maximum Gasteiger partial charge on any atom is 0.306 e. The molecule has 0 aliphatic carbocycles. The molecule has 0 aromatic rings. The van der Waals surface area contributed by atoms with E-state index in [2.05, 4.69) is 38.2 Å². The van der Waals surface area contributed by atoms with Gasteiger partial charge in [0, 0.05) is 12.8 Å². The summed E-state index contributed by atoms with van der Waals surface area (Å²) in [5.41, 5.74) is 0. The largest absolute Gasteiger partial charge is 0.756 e. The molecule has 0 amide bonds. The highest BCUT2D eigenvalue weighted by Crippen LogP contribution is 2.38. The number of carbonyl (C=O) groups excluding carboxylic acids is 2. The lowest BCUT2D eigenvalue weighted by Crippen LogP contribution is -2.37. The van der Waals surface area contributed by atoms with E-state index in [1.807, 2.05) is 21.1 Å². The van der Waals surface area contributed by atoms with E-state index < -0.39 is 32.5 Å². The Hall–Kier alpha value is -1.51. The van der Waals surface area contributed by atoms with E-state index in [1.54, 1.807) is 0 Å². The number of rotatable bonds is 34. The van der Waals surface area contributed by atoms with E-state index in [1.165, 1.54) is 44.9 Å². The van der Waals surface area contributed by atoms with Gasteiger partial charge in [-0.2, -0.15) is 0 Å². The molecule has 2 unspecified atom stereocenters. The summed E-state index contributed by atoms with van der Waals surface area (Å²) in [7, 11) is 1.15. The number of hydrogen-bond donors (Lipinski definition) is 0. The number of ether oxygens (including phenoxy) is 2. The van der Waals surface area contributed by atoms with Crippen LogP contribution >= 0.6 is 7.82 Å². The Kier molecular flexibility index (Phi) is 30.5. The maximum atomic E-state index is 12.6. The monoisotopic (exact) mass is 701 g/mol. The first-order valence-corrected chi connectivity index (χ1v) is 20.5. The van der Waals surface area contributed by atoms with E-state index in [9.17, 15) is 19.0 Å². The first kappa shape index (κ1) is 46.5. The molecule has 2 atom stereocenters. The van der Waals surface area contributed by atoms with Crippen LogP contribution in [0.5, 0.6) is 0 Å². The van der Waals surface area contributed by atoms with Crippen LogP contribution in [-0.4, -0.2) is 70.0 Å². The van der Waals surface area contributed by atoms with Crippen molar-refractivity contribution in [3.05, 3.63) is 24.3 Å². The van der Waals surface area contributed by atoms with Crippen LogP contribution in [0.4, 0.5) is 0 Å². The lowest BCUT2D eigenvalue weighted by molar-refractivity contribution is -0.870. The summed E-state index contributed by atoms with van der Waals surface area (Å²) in [5, 5.41) is 0. The standard InChI is InChI=1S/C38H72NO8P/c1-6-8-10-12-14-16-18-19-21-23-25-27-29-31-38(41)47-36(35-46-48(42,43)45-33-32-39(3,4)5)34-44-37(40)30-28-26-24-22-20-17-15-13-11-9-7-2/h13,15-16,18,36H,6-12,14,17,19-35H2,1-5H3/b15-13-,18-16-. The molecule has 48 heavy (non-hydrogen) atoms. The third-order valence-electron chi connectivity index (χ3n) is 7.94. The summed E-state index contributed by atoms with van der Waals surface area (Å²) in [5.74, 6) is -0.858. The zero-order chi connectivity index (χ0) is 35.8. The Labute approximate surface area is 294 Å². The minimum absolute atomic E-state index is 0.0330. The van der Waals surface area contributed by atoms with Crippen molar-refractivity contribution in [2.24, 2.45) is 0 Å². The second kappa shape index (κ2) is 31.5. The van der Waals surface area contributed by atoms with Gasteiger partial charge in [-0.3, -0.25) is 14.2 Å². The van der Waals surface area contributed by atoms with Crippen LogP contribution in [0.25, 0.3) is 0 Å². The minimum Gasteiger partial charge on any atom is -0.756 e. The number of phosphoric acid groups is 1. The van der Waals surface area contributed by atoms with E-state index in [-0.39, 0.29) is 26.1 Å². The van der Waals surface area contributed by atoms with Gasteiger partial charge < -0.3 is 27.9 Å². The normalized spacial score (nSPS) is 14.0. The number of nitrogens with zero attached hydrogens (tertiary/aromatic N) is 1. The van der Waals surface area contributed by atoms with Gasteiger partial charge in [0.25, 0.3) is 7.82 Å². The molecule has 0 bridgehead atoms. The fourth-order valence-electron chi connectivity index (χ4n) is 4.86. The van der Waals surface area contributed by atoms with Crippen LogP contribution in [0, 0.1) is 0 Å². The van der Waals surface area contributed by atoms with Crippen molar-refractivity contribution in [3.63, 3.8) is 0 Å². The number of unbranched alkanes of at least 4 members (excludes halogenated alkanes) is 16. The SMILES string of the molecule is CCCC/C=C\CCCCCCCC(=O)OCC(COP(=O)([O-])OCC[N+](C)(C)C)OC(=O)CCCCCCC/C=C\CCCCCC. The summed E-state index contributed by atoms with van der Waals surface area (Å²) in [4.78, 5) is 37.3. The predicted molar refractivity (Wildman–Crippen MR) is 194 cm³/mol. The average Bonchev–Trinajstić information content (AvgIpc) is 3.02. The molecule has 0 aliphatic heterocycles. The van der Waals surface area contributed by atoms with Crippen LogP contribution in [0.1, 0.15) is 155 Å². The molecule has 0 spiro atoms. The van der Waals surface area contributed by atoms with Crippen molar-refractivity contribution in [2.75, 3.05) is 47.5 Å². The molecule has 0 aliphatic rings. The number of phosphoric ester groups is 1. The lowest BCUT2D eigenvalue weighted by atomic mass is 10.1. The molecule has 0 fully saturated rings. The summed E-state index contributed by atoms with van der Waals surface area (Å²) in [6.45, 7) is 4.13. The Bertz CT molecular complexity index is 886. The van der Waals surface area contributed by atoms with E-state index >= 15 is 0 Å². The van der Waals surface area contributed by atoms with Crippen LogP contribution in [0.2, 0.25) is 0 Å². The molecule has 0 saturated heterocycles. The Morgan fingerprint density at radius 2 is 1.08 bits per heavy atom. The second-order valence-corrected chi connectivity index (χ2v) is 15.3. The quantitative estimate of drug-likeness (QED) is 0.0215. The molecular formula is C38H72NO8P. The van der Waals surface area contributed by atoms with Crippen LogP contribution in [0.3, 0.4) is 0 Å². The van der Waals surface area contributed by atoms with Gasteiger partial charge >= 0.3 is 11.9 Å². The molecule has 0 saturated carbocycles. The molecule has 0 radical (unpaired) electrons. The molecule has 0 aromatic carbocycles. The molecule has 0 heterocycles. The van der Waals surface area contributed by atoms with Gasteiger partial charge in [-0.15, -0.1) is 0 Å². The van der Waals surface area contributed by atoms with E-state index in [0.717, 1.165) is 77.0 Å². The third-order valence-corrected chi connectivity index (χ3v) is 8.91. The number of quaternary nitrogens is 1. The molecular weight excluding hydrogens is 629 g/mol. The van der Waals surface area contributed by atoms with Gasteiger partial charge in [-0.25, -0.2) is 0 Å². The summed E-state index contributed by atoms with van der Waals surface area (Å²) >= 11 is 0. The van der Waals surface area contributed by atoms with Crippen molar-refractivity contribution in [3.8, 4) is 0 Å². The highest BCUT2D eigenvalue weighted by atomic mass is 31.2. The van der Waals surface area contributed by atoms with E-state index in [0.29, 0.717) is 17.4 Å². The number of likely N-dealkylation sites (N-methyl/N-ethyl adjacent to an activating group) is 1. The second-order valence-electron chi connectivity index (χ2n) is 13.9. The van der Waals surface area contributed by atoms with Crippen molar-refractivity contribution >= 4 is 19.8 Å². The smallest absolute Gasteiger partial charge is 0.306 e. The Morgan fingerprint density at radius 3 is 1.60 bits per heavy atom. The zero-order valence-electron chi connectivity index (χ0n) is 31.4. The minimum atomic E-state index is -4.62. The third kappa shape index (κ3) is 34.4. The zero-order valence-corrected chi connectivity index (χ0v) is 32.3. The first-order valence-electron chi connectivity index (χ1n) is 19.0. The highest BCUT2D eigenvalue weighted by Gasteiger charge is 2.21. The lowest BCUT2D eigenvalue weighted by Gasteiger charge is -2.28. The van der Waals surface area contributed by atoms with Crippen molar-refractivity contribution < 1.29 is 42.1 Å². The van der Waals surface area contributed by atoms with Crippen molar-refractivity contribution in [2.45, 2.75) is 161 Å². The average molecular weight is 702 g/mol. The molecule has 282 valence electrons. The number of hydrogen-bond acceptors (Lipinski definition) is 8. The van der Waals surface area contributed by atoms with Crippen LogP contribution < -0.4 is 4.89 Å². The van der Waals surface area contributed by atoms with E-state index in [4.69, 9.17) is 18.5 Å². The van der Waals surface area contributed by atoms with Gasteiger partial charge in [0.1, 0.15) is 19.8 Å². The van der Waals surface area contributed by atoms with Gasteiger partial charge in [0.05, 0.1) is 27.7 Å². The van der Waals surface area contributed by atoms with Crippen LogP contribution in [-0.2, 0) is 32.7 Å². The van der Waals surface area contributed by atoms with Gasteiger partial charge in [-0.05, 0) is 57.8 Å². The Morgan fingerprint density at radius 1 is 0.625 bits per heavy atom. The number of allylic oxidation sites excluding steroid dienone is 4. The summed E-state index contributed by atoms with van der Waals surface area (Å²) < 4.78 is 33.7. The van der Waals surface area contributed by atoms with Crippen molar-refractivity contribution in [1.82, 2.24) is 0 Å².